The average molecular weight is 586 g/mol. The summed E-state index contributed by atoms with van der Waals surface area (Å²) in [6, 6.07) is 17.1. The Kier molecular flexibility index (Phi) is 9.47. The molecule has 6 nitrogen and oxygen atoms in total. The van der Waals surface area contributed by atoms with Gasteiger partial charge in [0.25, 0.3) is 0 Å². The van der Waals surface area contributed by atoms with Crippen LogP contribution in [0.2, 0.25) is 5.02 Å². The molecule has 1 aromatic heterocycles. The summed E-state index contributed by atoms with van der Waals surface area (Å²) in [4.78, 5) is 23.9. The van der Waals surface area contributed by atoms with Crippen molar-refractivity contribution in [2.24, 2.45) is 5.92 Å². The molecule has 0 spiro atoms. The number of alkyl halides is 3. The number of hydrogen-bond acceptors (Lipinski definition) is 5. The summed E-state index contributed by atoms with van der Waals surface area (Å²) < 4.78 is 39.8. The van der Waals surface area contributed by atoms with Crippen molar-refractivity contribution in [1.82, 2.24) is 14.8 Å². The Bertz CT molecular complexity index is 1280. The van der Waals surface area contributed by atoms with Crippen LogP contribution in [0.4, 0.5) is 24.5 Å². The standard InChI is InChI=1S/C31H35ClF3N5O/c32-26-5-7-27(8-6-26)37-30(41)9-4-24-22-38(21-23-10-13-36-14-11-23)15-12-29(24)40-18-16-39(17-19-40)28-3-1-2-25(20-28)31(33,34)35/h1-3,5-8,10-11,13-14,20,24,29H,4,9,12,15-19,21-22H2,(H,37,41)/t24-,29+/m0/s1. The number of nitrogens with zero attached hydrogens (tertiary/aromatic N) is 4. The van der Waals surface area contributed by atoms with Crippen molar-refractivity contribution >= 4 is 28.9 Å². The maximum atomic E-state index is 13.3. The molecule has 2 saturated heterocycles. The highest BCUT2D eigenvalue weighted by Crippen LogP contribution is 2.33. The molecule has 1 N–H and O–H groups in total. The van der Waals surface area contributed by atoms with Crippen molar-refractivity contribution in [1.29, 1.82) is 0 Å². The van der Waals surface area contributed by atoms with Gasteiger partial charge in [-0.15, -0.1) is 0 Å². The number of piperazine rings is 1. The van der Waals surface area contributed by atoms with Gasteiger partial charge in [0, 0.05) is 80.5 Å². The molecule has 2 aliphatic rings. The maximum Gasteiger partial charge on any atom is 0.416 e. The van der Waals surface area contributed by atoms with Crippen LogP contribution in [0.1, 0.15) is 30.4 Å². The van der Waals surface area contributed by atoms with Gasteiger partial charge in [0.15, 0.2) is 0 Å². The molecular weight excluding hydrogens is 551 g/mol. The smallest absolute Gasteiger partial charge is 0.369 e. The van der Waals surface area contributed by atoms with E-state index in [-0.39, 0.29) is 5.91 Å². The van der Waals surface area contributed by atoms with Crippen LogP contribution in [0.25, 0.3) is 0 Å². The van der Waals surface area contributed by atoms with Gasteiger partial charge in [-0.25, -0.2) is 0 Å². The molecule has 3 aromatic rings. The Morgan fingerprint density at radius 3 is 2.41 bits per heavy atom. The van der Waals surface area contributed by atoms with Crippen molar-refractivity contribution in [2.45, 2.75) is 38.0 Å². The van der Waals surface area contributed by atoms with Crippen LogP contribution >= 0.6 is 11.6 Å². The van der Waals surface area contributed by atoms with Gasteiger partial charge in [-0.1, -0.05) is 17.7 Å². The monoisotopic (exact) mass is 585 g/mol. The van der Waals surface area contributed by atoms with Crippen LogP contribution in [0.3, 0.4) is 0 Å². The number of aromatic nitrogens is 1. The Labute approximate surface area is 244 Å². The number of piperidine rings is 1. The first kappa shape index (κ1) is 29.4. The van der Waals surface area contributed by atoms with E-state index in [1.807, 2.05) is 29.4 Å². The first-order valence-electron chi connectivity index (χ1n) is 14.1. The number of rotatable bonds is 8. The van der Waals surface area contributed by atoms with E-state index in [4.69, 9.17) is 11.6 Å². The Morgan fingerprint density at radius 2 is 1.71 bits per heavy atom. The summed E-state index contributed by atoms with van der Waals surface area (Å²) in [5.41, 5.74) is 1.94. The highest BCUT2D eigenvalue weighted by molar-refractivity contribution is 6.30. The second kappa shape index (κ2) is 13.2. The van der Waals surface area contributed by atoms with Crippen molar-refractivity contribution in [3.8, 4) is 0 Å². The molecule has 2 fully saturated rings. The van der Waals surface area contributed by atoms with Crippen molar-refractivity contribution in [2.75, 3.05) is 49.5 Å². The number of carbonyl (C=O) groups is 1. The fourth-order valence-electron chi connectivity index (χ4n) is 6.01. The number of pyridine rings is 1. The van der Waals surface area contributed by atoms with Gasteiger partial charge in [0.05, 0.1) is 5.56 Å². The maximum absolute atomic E-state index is 13.3. The molecule has 2 atom stereocenters. The van der Waals surface area contributed by atoms with E-state index in [9.17, 15) is 18.0 Å². The molecule has 0 saturated carbocycles. The molecule has 0 bridgehead atoms. The number of anilines is 2. The normalized spacial score (nSPS) is 20.6. The second-order valence-electron chi connectivity index (χ2n) is 10.9. The van der Waals surface area contributed by atoms with Crippen molar-refractivity contribution < 1.29 is 18.0 Å². The molecule has 0 aliphatic carbocycles. The second-order valence-corrected chi connectivity index (χ2v) is 11.3. The molecule has 1 amide bonds. The van der Waals surface area contributed by atoms with Gasteiger partial charge in [-0.05, 0) is 85.5 Å². The van der Waals surface area contributed by atoms with E-state index in [1.165, 1.54) is 17.7 Å². The molecule has 2 aliphatic heterocycles. The lowest BCUT2D eigenvalue weighted by atomic mass is 9.86. The topological polar surface area (TPSA) is 51.7 Å². The van der Waals surface area contributed by atoms with Crippen LogP contribution < -0.4 is 10.2 Å². The minimum Gasteiger partial charge on any atom is -0.369 e. The van der Waals surface area contributed by atoms with E-state index in [1.54, 1.807) is 30.3 Å². The number of amides is 1. The minimum atomic E-state index is -4.35. The molecule has 0 unspecified atom stereocenters. The van der Waals surface area contributed by atoms with E-state index in [2.05, 4.69) is 20.1 Å². The zero-order chi connectivity index (χ0) is 28.8. The molecule has 41 heavy (non-hydrogen) atoms. The van der Waals surface area contributed by atoms with Gasteiger partial charge in [-0.2, -0.15) is 13.2 Å². The number of likely N-dealkylation sites (tertiary alicyclic amines) is 1. The minimum absolute atomic E-state index is 0.0216. The molecule has 10 heteroatoms. The lowest BCUT2D eigenvalue weighted by Crippen LogP contribution is -2.56. The first-order valence-corrected chi connectivity index (χ1v) is 14.5. The average Bonchev–Trinajstić information content (AvgIpc) is 2.98. The molecule has 3 heterocycles. The highest BCUT2D eigenvalue weighted by atomic mass is 35.5. The summed E-state index contributed by atoms with van der Waals surface area (Å²) in [6.07, 6.45) is 1.42. The Hall–Kier alpha value is -3.14. The summed E-state index contributed by atoms with van der Waals surface area (Å²) in [5.74, 6) is 0.272. The Balaban J connectivity index is 1.22. The van der Waals surface area contributed by atoms with Gasteiger partial charge in [-0.3, -0.25) is 19.6 Å². The number of carbonyl (C=O) groups excluding carboxylic acids is 1. The molecule has 0 radical (unpaired) electrons. The molecule has 218 valence electrons. The van der Waals surface area contributed by atoms with Crippen molar-refractivity contribution in [3.63, 3.8) is 0 Å². The van der Waals surface area contributed by atoms with Gasteiger partial charge < -0.3 is 10.2 Å². The van der Waals surface area contributed by atoms with Crippen molar-refractivity contribution in [3.05, 3.63) is 89.2 Å². The number of halogens is 4. The third-order valence-electron chi connectivity index (χ3n) is 8.13. The lowest BCUT2D eigenvalue weighted by Gasteiger charge is -2.47. The third kappa shape index (κ3) is 7.99. The highest BCUT2D eigenvalue weighted by Gasteiger charge is 2.35. The van der Waals surface area contributed by atoms with E-state index in [0.717, 1.165) is 57.3 Å². The number of benzene rings is 2. The van der Waals surface area contributed by atoms with Crippen LogP contribution in [-0.4, -0.2) is 66.0 Å². The predicted molar refractivity (Wildman–Crippen MR) is 156 cm³/mol. The van der Waals surface area contributed by atoms with Crippen LogP contribution in [-0.2, 0) is 17.5 Å². The largest absolute Gasteiger partial charge is 0.416 e. The quantitative estimate of drug-likeness (QED) is 0.342. The molecule has 5 rings (SSSR count). The van der Waals surface area contributed by atoms with E-state index < -0.39 is 11.7 Å². The summed E-state index contributed by atoms with van der Waals surface area (Å²) in [5, 5.41) is 3.60. The lowest BCUT2D eigenvalue weighted by molar-refractivity contribution is -0.137. The summed E-state index contributed by atoms with van der Waals surface area (Å²) >= 11 is 5.97. The van der Waals surface area contributed by atoms with Crippen LogP contribution in [0, 0.1) is 5.92 Å². The SMILES string of the molecule is O=C(CC[C@H]1CN(Cc2ccncc2)CC[C@H]1N1CCN(c2cccc(C(F)(F)F)c2)CC1)Nc1ccc(Cl)cc1. The molecular formula is C31H35ClF3N5O. The fourth-order valence-corrected chi connectivity index (χ4v) is 6.14. The van der Waals surface area contributed by atoms with E-state index >= 15 is 0 Å². The van der Waals surface area contributed by atoms with Gasteiger partial charge in [0.2, 0.25) is 5.91 Å². The summed E-state index contributed by atoms with van der Waals surface area (Å²) in [6.45, 7) is 5.57. The molecule has 2 aromatic carbocycles. The van der Waals surface area contributed by atoms with Gasteiger partial charge in [0.1, 0.15) is 0 Å². The fraction of sp³-hybridized carbons (Fsp3) is 0.419. The van der Waals surface area contributed by atoms with Gasteiger partial charge >= 0.3 is 6.18 Å². The predicted octanol–water partition coefficient (Wildman–Crippen LogP) is 6.19. The third-order valence-corrected chi connectivity index (χ3v) is 8.38. The van der Waals surface area contributed by atoms with E-state index in [0.29, 0.717) is 42.2 Å². The van der Waals surface area contributed by atoms with Crippen LogP contribution in [0.5, 0.6) is 0 Å². The number of nitrogens with one attached hydrogen (secondary N) is 1. The zero-order valence-electron chi connectivity index (χ0n) is 22.9. The summed E-state index contributed by atoms with van der Waals surface area (Å²) in [7, 11) is 0. The number of hydrogen-bond donors (Lipinski definition) is 1. The first-order chi connectivity index (χ1) is 19.7. The van der Waals surface area contributed by atoms with Crippen LogP contribution in [0.15, 0.2) is 73.1 Å². The Morgan fingerprint density at radius 1 is 0.976 bits per heavy atom. The zero-order valence-corrected chi connectivity index (χ0v) is 23.6.